The Labute approximate surface area is 141 Å². The first-order chi connectivity index (χ1) is 11.5. The number of nitrogens with one attached hydrogen (secondary N) is 2. The molecule has 0 aliphatic heterocycles. The number of para-hydroxylation sites is 1. The maximum absolute atomic E-state index is 12.2. The molecule has 0 unspecified atom stereocenters. The zero-order chi connectivity index (χ0) is 17.5. The van der Waals surface area contributed by atoms with E-state index in [1.807, 2.05) is 37.2 Å². The van der Waals surface area contributed by atoms with Gasteiger partial charge in [0.2, 0.25) is 5.91 Å². The highest BCUT2D eigenvalue weighted by molar-refractivity contribution is 6.23. The van der Waals surface area contributed by atoms with Gasteiger partial charge in [-0.2, -0.15) is 0 Å². The van der Waals surface area contributed by atoms with E-state index in [2.05, 4.69) is 10.6 Å². The third kappa shape index (κ3) is 5.03. The predicted molar refractivity (Wildman–Crippen MR) is 92.4 cm³/mol. The number of Topliss-reactive ketones (excluding diaryl/α,β-unsaturated/α-hetero) is 2. The van der Waals surface area contributed by atoms with E-state index in [9.17, 15) is 14.4 Å². The van der Waals surface area contributed by atoms with Crippen LogP contribution in [0.2, 0.25) is 0 Å². The molecule has 2 rings (SSSR count). The second-order valence-corrected chi connectivity index (χ2v) is 6.12. The van der Waals surface area contributed by atoms with E-state index in [-0.39, 0.29) is 35.9 Å². The molecule has 0 aromatic heterocycles. The van der Waals surface area contributed by atoms with E-state index in [0.717, 1.165) is 6.54 Å². The summed E-state index contributed by atoms with van der Waals surface area (Å²) in [6.45, 7) is 1.45. The van der Waals surface area contributed by atoms with Crippen LogP contribution in [0, 0.1) is 5.92 Å². The lowest BCUT2D eigenvalue weighted by Crippen LogP contribution is -2.34. The van der Waals surface area contributed by atoms with Gasteiger partial charge in [-0.05, 0) is 26.2 Å². The van der Waals surface area contributed by atoms with Gasteiger partial charge in [0.15, 0.2) is 11.6 Å². The van der Waals surface area contributed by atoms with Crippen molar-refractivity contribution < 1.29 is 14.4 Å². The van der Waals surface area contributed by atoms with E-state index in [0.29, 0.717) is 12.2 Å². The first kappa shape index (κ1) is 17.9. The number of likely N-dealkylation sites (N-methyl/N-ethyl adjacent to an activating group) is 1. The topological polar surface area (TPSA) is 78.5 Å². The smallest absolute Gasteiger partial charge is 0.228 e. The van der Waals surface area contributed by atoms with Crippen LogP contribution in [-0.2, 0) is 14.4 Å². The molecule has 0 radical (unpaired) electrons. The number of nitrogens with zero attached hydrogens (tertiary/aromatic N) is 1. The fourth-order valence-corrected chi connectivity index (χ4v) is 2.47. The van der Waals surface area contributed by atoms with E-state index in [1.54, 1.807) is 12.1 Å². The molecule has 1 aromatic rings. The number of ketones is 2. The Kier molecular flexibility index (Phi) is 6.26. The minimum absolute atomic E-state index is 0.0611. The molecule has 1 aliphatic rings. The number of benzene rings is 1. The largest absolute Gasteiger partial charge is 0.389 e. The number of hydrogen-bond acceptors (Lipinski definition) is 5. The molecule has 2 N–H and O–H groups in total. The maximum Gasteiger partial charge on any atom is 0.228 e. The van der Waals surface area contributed by atoms with Gasteiger partial charge in [0.1, 0.15) is 0 Å². The van der Waals surface area contributed by atoms with Crippen LogP contribution in [-0.4, -0.2) is 49.6 Å². The lowest BCUT2D eigenvalue weighted by atomic mass is 9.83. The third-order valence-electron chi connectivity index (χ3n) is 3.83. The van der Waals surface area contributed by atoms with Gasteiger partial charge in [0.05, 0.1) is 11.5 Å². The van der Waals surface area contributed by atoms with Gasteiger partial charge < -0.3 is 15.5 Å². The lowest BCUT2D eigenvalue weighted by Gasteiger charge is -2.21. The third-order valence-corrected chi connectivity index (χ3v) is 3.83. The van der Waals surface area contributed by atoms with Crippen molar-refractivity contribution in [1.29, 1.82) is 0 Å². The number of rotatable bonds is 6. The molecule has 128 valence electrons. The fraction of sp³-hybridized carbons (Fsp3) is 0.389. The first-order valence-corrected chi connectivity index (χ1v) is 7.98. The van der Waals surface area contributed by atoms with E-state index in [1.165, 1.54) is 6.20 Å². The fourth-order valence-electron chi connectivity index (χ4n) is 2.47. The Morgan fingerprint density at radius 3 is 2.38 bits per heavy atom. The van der Waals surface area contributed by atoms with Crippen molar-refractivity contribution in [3.05, 3.63) is 42.1 Å². The van der Waals surface area contributed by atoms with Crippen LogP contribution in [0.4, 0.5) is 5.69 Å². The molecule has 1 saturated carbocycles. The molecule has 0 bridgehead atoms. The Balaban J connectivity index is 1.92. The van der Waals surface area contributed by atoms with Gasteiger partial charge in [-0.3, -0.25) is 14.4 Å². The molecule has 24 heavy (non-hydrogen) atoms. The lowest BCUT2D eigenvalue weighted by molar-refractivity contribution is -0.131. The van der Waals surface area contributed by atoms with Crippen LogP contribution in [0.15, 0.2) is 42.1 Å². The summed E-state index contributed by atoms with van der Waals surface area (Å²) in [4.78, 5) is 38.6. The van der Waals surface area contributed by atoms with Crippen LogP contribution in [0.25, 0.3) is 0 Å². The summed E-state index contributed by atoms with van der Waals surface area (Å²) in [6, 6.07) is 9.01. The van der Waals surface area contributed by atoms with Crippen molar-refractivity contribution in [3.63, 3.8) is 0 Å². The first-order valence-electron chi connectivity index (χ1n) is 7.98. The second-order valence-electron chi connectivity index (χ2n) is 6.12. The van der Waals surface area contributed by atoms with Crippen LogP contribution < -0.4 is 10.6 Å². The summed E-state index contributed by atoms with van der Waals surface area (Å²) in [5.41, 5.74) is 0.826. The number of anilines is 1. The molecule has 1 fully saturated rings. The molecule has 0 saturated heterocycles. The van der Waals surface area contributed by atoms with Gasteiger partial charge in [-0.25, -0.2) is 0 Å². The number of amides is 1. The van der Waals surface area contributed by atoms with Crippen molar-refractivity contribution in [2.45, 2.75) is 12.8 Å². The van der Waals surface area contributed by atoms with E-state index in [4.69, 9.17) is 0 Å². The van der Waals surface area contributed by atoms with Crippen molar-refractivity contribution in [3.8, 4) is 0 Å². The molecule has 6 nitrogen and oxygen atoms in total. The molecule has 1 amide bonds. The summed E-state index contributed by atoms with van der Waals surface area (Å²) in [7, 11) is 3.89. The Hall–Kier alpha value is -2.47. The van der Waals surface area contributed by atoms with Crippen LogP contribution >= 0.6 is 0 Å². The van der Waals surface area contributed by atoms with Gasteiger partial charge in [0.25, 0.3) is 0 Å². The number of allylic oxidation sites excluding steroid dienone is 1. The molecule has 1 aromatic carbocycles. The maximum atomic E-state index is 12.2. The second kappa shape index (κ2) is 8.40. The van der Waals surface area contributed by atoms with Crippen molar-refractivity contribution in [2.75, 3.05) is 32.5 Å². The van der Waals surface area contributed by atoms with Crippen LogP contribution in [0.1, 0.15) is 12.8 Å². The van der Waals surface area contributed by atoms with E-state index >= 15 is 0 Å². The summed E-state index contributed by atoms with van der Waals surface area (Å²) in [6.07, 6.45) is 1.61. The summed E-state index contributed by atoms with van der Waals surface area (Å²) >= 11 is 0. The molecular formula is C18H23N3O3. The van der Waals surface area contributed by atoms with Gasteiger partial charge in [-0.1, -0.05) is 18.2 Å². The number of carbonyl (C=O) groups excluding carboxylic acids is 3. The van der Waals surface area contributed by atoms with Crippen molar-refractivity contribution in [1.82, 2.24) is 10.2 Å². The molecule has 0 spiro atoms. The summed E-state index contributed by atoms with van der Waals surface area (Å²) < 4.78 is 0. The van der Waals surface area contributed by atoms with Crippen LogP contribution in [0.5, 0.6) is 0 Å². The average molecular weight is 329 g/mol. The van der Waals surface area contributed by atoms with Gasteiger partial charge >= 0.3 is 0 Å². The molecular weight excluding hydrogens is 306 g/mol. The highest BCUT2D eigenvalue weighted by Crippen LogP contribution is 2.24. The highest BCUT2D eigenvalue weighted by Gasteiger charge is 2.34. The minimum Gasteiger partial charge on any atom is -0.389 e. The molecule has 0 heterocycles. The number of carbonyl (C=O) groups is 3. The summed E-state index contributed by atoms with van der Waals surface area (Å²) in [5.74, 6) is -1.46. The number of hydrogen-bond donors (Lipinski definition) is 2. The standard InChI is InChI=1S/C18H23N3O3/c1-21(2)9-8-19-12-15-16(22)10-13(11-17(15)23)18(24)20-14-6-4-3-5-7-14/h3-7,12-13,19H,8-11H2,1-2H3,(H,20,24). The Bertz CT molecular complexity index is 618. The van der Waals surface area contributed by atoms with Crippen LogP contribution in [0.3, 0.4) is 0 Å². The summed E-state index contributed by atoms with van der Waals surface area (Å²) in [5, 5.41) is 5.73. The van der Waals surface area contributed by atoms with Crippen molar-refractivity contribution >= 4 is 23.2 Å². The molecule has 6 heteroatoms. The minimum atomic E-state index is -0.607. The normalized spacial score (nSPS) is 17.8. The Morgan fingerprint density at radius 1 is 1.17 bits per heavy atom. The van der Waals surface area contributed by atoms with Crippen molar-refractivity contribution in [2.24, 2.45) is 5.92 Å². The quantitative estimate of drug-likeness (QED) is 0.466. The van der Waals surface area contributed by atoms with E-state index < -0.39 is 5.92 Å². The SMILES string of the molecule is CN(C)CCNC=C1C(=O)CC(C(=O)Nc2ccccc2)CC1=O. The zero-order valence-corrected chi connectivity index (χ0v) is 14.0. The Morgan fingerprint density at radius 2 is 1.79 bits per heavy atom. The predicted octanol–water partition coefficient (Wildman–Crippen LogP) is 1.21. The highest BCUT2D eigenvalue weighted by atomic mass is 16.2. The molecule has 1 aliphatic carbocycles. The molecule has 0 atom stereocenters. The van der Waals surface area contributed by atoms with Gasteiger partial charge in [-0.15, -0.1) is 0 Å². The van der Waals surface area contributed by atoms with Gasteiger partial charge in [0, 0.05) is 37.8 Å². The zero-order valence-electron chi connectivity index (χ0n) is 14.0. The monoisotopic (exact) mass is 329 g/mol. The average Bonchev–Trinajstić information content (AvgIpc) is 2.54.